The first-order valence-electron chi connectivity index (χ1n) is 5.73. The van der Waals surface area contributed by atoms with Gasteiger partial charge in [-0.05, 0) is 24.6 Å². The van der Waals surface area contributed by atoms with Crippen molar-refractivity contribution in [3.8, 4) is 0 Å². The van der Waals surface area contributed by atoms with Crippen molar-refractivity contribution < 1.29 is 12.8 Å². The maximum absolute atomic E-state index is 13.5. The Hall–Kier alpha value is -1.88. The average molecular weight is 279 g/mol. The largest absolute Gasteiger partial charge is 0.397 e. The van der Waals surface area contributed by atoms with Crippen molar-refractivity contribution in [2.24, 2.45) is 0 Å². The SMILES string of the molecule is Cc1cccc(S(=O)(=O)Cc2ccccc2F)c1N. The van der Waals surface area contributed by atoms with Crippen LogP contribution in [0, 0.1) is 12.7 Å². The van der Waals surface area contributed by atoms with Crippen LogP contribution < -0.4 is 5.73 Å². The van der Waals surface area contributed by atoms with Gasteiger partial charge in [0.2, 0.25) is 0 Å². The molecule has 0 aliphatic rings. The van der Waals surface area contributed by atoms with Gasteiger partial charge in [0, 0.05) is 5.56 Å². The Kier molecular flexibility index (Phi) is 3.57. The van der Waals surface area contributed by atoms with Crippen molar-refractivity contribution in [3.63, 3.8) is 0 Å². The first-order valence-corrected chi connectivity index (χ1v) is 7.38. The predicted molar refractivity (Wildman–Crippen MR) is 72.9 cm³/mol. The molecule has 0 atom stereocenters. The molecule has 2 aromatic carbocycles. The maximum Gasteiger partial charge on any atom is 0.184 e. The Morgan fingerprint density at radius 2 is 1.79 bits per heavy atom. The Morgan fingerprint density at radius 1 is 1.11 bits per heavy atom. The quantitative estimate of drug-likeness (QED) is 0.879. The third-order valence-electron chi connectivity index (χ3n) is 2.92. The molecule has 0 unspecified atom stereocenters. The number of benzene rings is 2. The number of nitrogens with two attached hydrogens (primary N) is 1. The van der Waals surface area contributed by atoms with Crippen LogP contribution in [0.2, 0.25) is 0 Å². The minimum Gasteiger partial charge on any atom is -0.397 e. The number of anilines is 1. The molecule has 2 aromatic rings. The number of aryl methyl sites for hydroxylation is 1. The van der Waals surface area contributed by atoms with Gasteiger partial charge in [-0.3, -0.25) is 0 Å². The molecule has 3 nitrogen and oxygen atoms in total. The van der Waals surface area contributed by atoms with Crippen LogP contribution in [0.5, 0.6) is 0 Å². The second kappa shape index (κ2) is 5.01. The minimum absolute atomic E-state index is 0.0516. The molecule has 2 N–H and O–H groups in total. The molecule has 0 amide bonds. The van der Waals surface area contributed by atoms with Gasteiger partial charge in [-0.25, -0.2) is 12.8 Å². The maximum atomic E-state index is 13.5. The van der Waals surface area contributed by atoms with E-state index in [2.05, 4.69) is 0 Å². The van der Waals surface area contributed by atoms with Gasteiger partial charge in [-0.2, -0.15) is 0 Å². The van der Waals surface area contributed by atoms with Gasteiger partial charge in [0.25, 0.3) is 0 Å². The number of rotatable bonds is 3. The van der Waals surface area contributed by atoms with E-state index in [1.807, 2.05) is 0 Å². The van der Waals surface area contributed by atoms with Gasteiger partial charge in [-0.1, -0.05) is 30.3 Å². The fourth-order valence-electron chi connectivity index (χ4n) is 1.82. The highest BCUT2D eigenvalue weighted by Gasteiger charge is 2.20. The van der Waals surface area contributed by atoms with Crippen molar-refractivity contribution in [3.05, 3.63) is 59.4 Å². The van der Waals surface area contributed by atoms with Gasteiger partial charge < -0.3 is 5.73 Å². The van der Waals surface area contributed by atoms with E-state index >= 15 is 0 Å². The van der Waals surface area contributed by atoms with E-state index in [0.717, 1.165) is 0 Å². The van der Waals surface area contributed by atoms with Crippen molar-refractivity contribution in [2.75, 3.05) is 5.73 Å². The molecule has 0 aliphatic heterocycles. The Balaban J connectivity index is 2.44. The lowest BCUT2D eigenvalue weighted by atomic mass is 10.2. The number of halogens is 1. The van der Waals surface area contributed by atoms with Gasteiger partial charge in [0.05, 0.1) is 16.3 Å². The molecule has 100 valence electrons. The molecule has 2 rings (SSSR count). The number of sulfone groups is 1. The average Bonchev–Trinajstić information content (AvgIpc) is 2.35. The monoisotopic (exact) mass is 279 g/mol. The second-order valence-corrected chi connectivity index (χ2v) is 6.30. The Morgan fingerprint density at radius 3 is 2.47 bits per heavy atom. The van der Waals surface area contributed by atoms with Gasteiger partial charge in [-0.15, -0.1) is 0 Å². The zero-order valence-electron chi connectivity index (χ0n) is 10.4. The number of nitrogen functional groups attached to an aromatic ring is 1. The lowest BCUT2D eigenvalue weighted by Crippen LogP contribution is -2.09. The smallest absolute Gasteiger partial charge is 0.184 e. The second-order valence-electron chi connectivity index (χ2n) is 4.34. The number of hydrogen-bond acceptors (Lipinski definition) is 3. The summed E-state index contributed by atoms with van der Waals surface area (Å²) in [7, 11) is -3.65. The predicted octanol–water partition coefficient (Wildman–Crippen LogP) is 2.69. The van der Waals surface area contributed by atoms with E-state index in [1.165, 1.54) is 24.3 Å². The van der Waals surface area contributed by atoms with Crippen molar-refractivity contribution in [1.82, 2.24) is 0 Å². The van der Waals surface area contributed by atoms with Crippen LogP contribution in [0.15, 0.2) is 47.4 Å². The van der Waals surface area contributed by atoms with E-state index in [-0.39, 0.29) is 16.1 Å². The first-order chi connectivity index (χ1) is 8.92. The zero-order chi connectivity index (χ0) is 14.0. The van der Waals surface area contributed by atoms with E-state index < -0.39 is 21.4 Å². The fraction of sp³-hybridized carbons (Fsp3) is 0.143. The third kappa shape index (κ3) is 2.76. The number of para-hydroxylation sites is 1. The van der Waals surface area contributed by atoms with Crippen LogP contribution in [0.25, 0.3) is 0 Å². The summed E-state index contributed by atoms with van der Waals surface area (Å²) >= 11 is 0. The molecule has 0 saturated carbocycles. The van der Waals surface area contributed by atoms with Crippen LogP contribution in [0.4, 0.5) is 10.1 Å². The normalized spacial score (nSPS) is 11.5. The Labute approximate surface area is 111 Å². The molecule has 0 radical (unpaired) electrons. The summed E-state index contributed by atoms with van der Waals surface area (Å²) in [6, 6.07) is 10.6. The molecule has 0 heterocycles. The van der Waals surface area contributed by atoms with Gasteiger partial charge in [0.15, 0.2) is 9.84 Å². The number of hydrogen-bond donors (Lipinski definition) is 1. The molecule has 0 fully saturated rings. The summed E-state index contributed by atoms with van der Waals surface area (Å²) in [6.07, 6.45) is 0. The van der Waals surface area contributed by atoms with Crippen LogP contribution in [-0.2, 0) is 15.6 Å². The lowest BCUT2D eigenvalue weighted by molar-refractivity contribution is 0.587. The summed E-state index contributed by atoms with van der Waals surface area (Å²) in [5.41, 5.74) is 6.84. The molecule has 0 aromatic heterocycles. The molecule has 0 bridgehead atoms. The van der Waals surface area contributed by atoms with Crippen LogP contribution in [-0.4, -0.2) is 8.42 Å². The lowest BCUT2D eigenvalue weighted by Gasteiger charge is -2.10. The zero-order valence-corrected chi connectivity index (χ0v) is 11.2. The third-order valence-corrected chi connectivity index (χ3v) is 4.64. The highest BCUT2D eigenvalue weighted by atomic mass is 32.2. The summed E-state index contributed by atoms with van der Waals surface area (Å²) in [5.74, 6) is -0.926. The van der Waals surface area contributed by atoms with E-state index in [9.17, 15) is 12.8 Å². The van der Waals surface area contributed by atoms with E-state index in [4.69, 9.17) is 5.73 Å². The molecule has 0 aliphatic carbocycles. The van der Waals surface area contributed by atoms with Gasteiger partial charge in [0.1, 0.15) is 5.82 Å². The van der Waals surface area contributed by atoms with Crippen molar-refractivity contribution in [2.45, 2.75) is 17.6 Å². The summed E-state index contributed by atoms with van der Waals surface area (Å²) in [5, 5.41) is 0. The summed E-state index contributed by atoms with van der Waals surface area (Å²) in [4.78, 5) is 0.0516. The van der Waals surface area contributed by atoms with Crippen LogP contribution in [0.3, 0.4) is 0 Å². The molecule has 5 heteroatoms. The minimum atomic E-state index is -3.65. The molecular weight excluding hydrogens is 265 g/mol. The van der Waals surface area contributed by atoms with Gasteiger partial charge >= 0.3 is 0 Å². The molecule has 0 saturated heterocycles. The van der Waals surface area contributed by atoms with E-state index in [0.29, 0.717) is 5.56 Å². The highest BCUT2D eigenvalue weighted by Crippen LogP contribution is 2.25. The summed E-state index contributed by atoms with van der Waals surface area (Å²) < 4.78 is 38.1. The fourth-order valence-corrected chi connectivity index (χ4v) is 3.40. The Bertz CT molecular complexity index is 711. The standard InChI is InChI=1S/C14H14FNO2S/c1-10-5-4-8-13(14(10)16)19(17,18)9-11-6-2-3-7-12(11)15/h2-8H,9,16H2,1H3. The molecule has 0 spiro atoms. The van der Waals surface area contributed by atoms with Crippen LogP contribution in [0.1, 0.15) is 11.1 Å². The molecular formula is C14H14FNO2S. The van der Waals surface area contributed by atoms with Crippen LogP contribution >= 0.6 is 0 Å². The van der Waals surface area contributed by atoms with Crippen molar-refractivity contribution in [1.29, 1.82) is 0 Å². The first kappa shape index (κ1) is 13.5. The summed E-state index contributed by atoms with van der Waals surface area (Å²) in [6.45, 7) is 1.73. The van der Waals surface area contributed by atoms with Crippen molar-refractivity contribution >= 4 is 15.5 Å². The molecule has 19 heavy (non-hydrogen) atoms. The topological polar surface area (TPSA) is 60.2 Å². The van der Waals surface area contributed by atoms with E-state index in [1.54, 1.807) is 25.1 Å². The highest BCUT2D eigenvalue weighted by molar-refractivity contribution is 7.90.